The highest BCUT2D eigenvalue weighted by molar-refractivity contribution is 6.35. The molecule has 1 saturated heterocycles. The fourth-order valence-corrected chi connectivity index (χ4v) is 4.22. The Bertz CT molecular complexity index is 1010. The predicted octanol–water partition coefficient (Wildman–Crippen LogP) is 3.29. The van der Waals surface area contributed by atoms with E-state index in [4.69, 9.17) is 4.74 Å². The zero-order chi connectivity index (χ0) is 23.4. The quantitative estimate of drug-likeness (QED) is 0.582. The molecule has 0 aliphatic carbocycles. The van der Waals surface area contributed by atoms with Crippen molar-refractivity contribution < 1.29 is 14.3 Å². The van der Waals surface area contributed by atoms with Crippen LogP contribution in [-0.2, 0) is 16.0 Å². The molecule has 2 aliphatic rings. The minimum Gasteiger partial charge on any atom is -0.493 e. The van der Waals surface area contributed by atoms with Crippen molar-refractivity contribution in [3.8, 4) is 5.75 Å². The number of ether oxygens (including phenoxy) is 1. The fraction of sp³-hybridized carbons (Fsp3) is 0.407. The molecule has 0 unspecified atom stereocenters. The maximum atomic E-state index is 13.5. The molecule has 0 bridgehead atoms. The van der Waals surface area contributed by atoms with Crippen molar-refractivity contribution >= 4 is 17.4 Å². The van der Waals surface area contributed by atoms with Crippen LogP contribution in [0, 0.1) is 5.92 Å². The molecule has 6 heteroatoms. The predicted molar refractivity (Wildman–Crippen MR) is 130 cm³/mol. The molecular weight excluding hydrogens is 414 g/mol. The Labute approximate surface area is 196 Å². The molecular formula is C27H33N3O3. The summed E-state index contributed by atoms with van der Waals surface area (Å²) < 4.78 is 5.80. The van der Waals surface area contributed by atoms with Gasteiger partial charge in [0.25, 0.3) is 11.8 Å². The highest BCUT2D eigenvalue weighted by atomic mass is 16.5. The van der Waals surface area contributed by atoms with Crippen molar-refractivity contribution in [2.75, 3.05) is 46.4 Å². The number of carbonyl (C=O) groups excluding carboxylic acids is 2. The van der Waals surface area contributed by atoms with Crippen molar-refractivity contribution in [1.82, 2.24) is 14.7 Å². The number of hydrogen-bond acceptors (Lipinski definition) is 5. The van der Waals surface area contributed by atoms with Gasteiger partial charge in [-0.25, -0.2) is 0 Å². The minimum atomic E-state index is -0.208. The monoisotopic (exact) mass is 447 g/mol. The first-order chi connectivity index (χ1) is 15.9. The third kappa shape index (κ3) is 5.28. The Hall–Kier alpha value is -3.12. The van der Waals surface area contributed by atoms with E-state index in [9.17, 15) is 9.59 Å². The van der Waals surface area contributed by atoms with Gasteiger partial charge in [-0.2, -0.15) is 0 Å². The Morgan fingerprint density at radius 2 is 1.55 bits per heavy atom. The number of nitrogens with zero attached hydrogens (tertiary/aromatic N) is 3. The molecule has 0 spiro atoms. The molecule has 2 heterocycles. The number of likely N-dealkylation sites (N-methyl/N-ethyl adjacent to an activating group) is 1. The molecule has 2 amide bonds. The van der Waals surface area contributed by atoms with Crippen LogP contribution in [-0.4, -0.2) is 72.9 Å². The summed E-state index contributed by atoms with van der Waals surface area (Å²) in [4.78, 5) is 32.8. The minimum absolute atomic E-state index is 0.185. The summed E-state index contributed by atoms with van der Waals surface area (Å²) in [5, 5.41) is 0. The number of amides is 2. The molecule has 0 radical (unpaired) electrons. The van der Waals surface area contributed by atoms with Crippen LogP contribution in [0.15, 0.2) is 60.3 Å². The van der Waals surface area contributed by atoms with E-state index < -0.39 is 0 Å². The Morgan fingerprint density at radius 3 is 2.18 bits per heavy atom. The summed E-state index contributed by atoms with van der Waals surface area (Å²) in [7, 11) is 2.08. The lowest BCUT2D eigenvalue weighted by Crippen LogP contribution is -2.46. The van der Waals surface area contributed by atoms with Crippen LogP contribution < -0.4 is 4.74 Å². The third-order valence-corrected chi connectivity index (χ3v) is 6.16. The summed E-state index contributed by atoms with van der Waals surface area (Å²) in [6, 6.07) is 17.5. The largest absolute Gasteiger partial charge is 0.493 e. The first-order valence-electron chi connectivity index (χ1n) is 11.7. The van der Waals surface area contributed by atoms with Gasteiger partial charge in [-0.15, -0.1) is 0 Å². The first-order valence-corrected chi connectivity index (χ1v) is 11.7. The van der Waals surface area contributed by atoms with Gasteiger partial charge in [0, 0.05) is 32.7 Å². The second kappa shape index (κ2) is 10.2. The van der Waals surface area contributed by atoms with E-state index >= 15 is 0 Å². The summed E-state index contributed by atoms with van der Waals surface area (Å²) >= 11 is 0. The van der Waals surface area contributed by atoms with Gasteiger partial charge in [-0.1, -0.05) is 56.3 Å². The molecule has 0 N–H and O–H groups in total. The van der Waals surface area contributed by atoms with Gasteiger partial charge in [0.2, 0.25) is 0 Å². The molecule has 2 aliphatic heterocycles. The second-order valence-electron chi connectivity index (χ2n) is 9.24. The van der Waals surface area contributed by atoms with Crippen molar-refractivity contribution in [2.24, 2.45) is 5.92 Å². The first kappa shape index (κ1) is 23.1. The van der Waals surface area contributed by atoms with E-state index in [0.717, 1.165) is 43.1 Å². The molecule has 4 rings (SSSR count). The van der Waals surface area contributed by atoms with Crippen LogP contribution in [0.25, 0.3) is 5.57 Å². The van der Waals surface area contributed by atoms with Crippen LogP contribution in [0.2, 0.25) is 0 Å². The molecule has 2 aromatic rings. The van der Waals surface area contributed by atoms with Gasteiger partial charge in [-0.3, -0.25) is 14.5 Å². The SMILES string of the molecule is CC(C)COc1ccc(C2=C(N3CCN(C)CC3)C(=O)N(CCc3ccccc3)C2=O)cc1. The summed E-state index contributed by atoms with van der Waals surface area (Å²) in [5.74, 6) is 0.812. The number of benzene rings is 2. The van der Waals surface area contributed by atoms with Crippen LogP contribution in [0.3, 0.4) is 0 Å². The zero-order valence-electron chi connectivity index (χ0n) is 19.8. The van der Waals surface area contributed by atoms with Gasteiger partial charge in [-0.05, 0) is 42.6 Å². The lowest BCUT2D eigenvalue weighted by molar-refractivity contribution is -0.137. The third-order valence-electron chi connectivity index (χ3n) is 6.16. The van der Waals surface area contributed by atoms with Crippen LogP contribution in [0.4, 0.5) is 0 Å². The summed E-state index contributed by atoms with van der Waals surface area (Å²) in [6.07, 6.45) is 0.642. The molecule has 0 atom stereocenters. The van der Waals surface area contributed by atoms with E-state index in [1.54, 1.807) is 0 Å². The number of hydrogen-bond donors (Lipinski definition) is 0. The van der Waals surface area contributed by atoms with E-state index in [1.807, 2.05) is 54.6 Å². The molecule has 0 aromatic heterocycles. The van der Waals surface area contributed by atoms with Gasteiger partial charge in [0.05, 0.1) is 12.2 Å². The Morgan fingerprint density at radius 1 is 0.879 bits per heavy atom. The lowest BCUT2D eigenvalue weighted by atomic mass is 10.0. The second-order valence-corrected chi connectivity index (χ2v) is 9.24. The number of imide groups is 1. The average Bonchev–Trinajstić information content (AvgIpc) is 3.07. The van der Waals surface area contributed by atoms with E-state index in [0.29, 0.717) is 36.8 Å². The van der Waals surface area contributed by atoms with Crippen LogP contribution in [0.5, 0.6) is 5.75 Å². The van der Waals surface area contributed by atoms with E-state index in [2.05, 4.69) is 30.7 Å². The molecule has 2 aromatic carbocycles. The van der Waals surface area contributed by atoms with Gasteiger partial charge in [0.15, 0.2) is 0 Å². The Balaban J connectivity index is 1.60. The summed E-state index contributed by atoms with van der Waals surface area (Å²) in [5.41, 5.74) is 2.92. The number of rotatable bonds is 8. The lowest BCUT2D eigenvalue weighted by Gasteiger charge is -2.34. The van der Waals surface area contributed by atoms with Gasteiger partial charge >= 0.3 is 0 Å². The van der Waals surface area contributed by atoms with Crippen molar-refractivity contribution in [3.63, 3.8) is 0 Å². The Kier molecular flexibility index (Phi) is 7.14. The van der Waals surface area contributed by atoms with Crippen molar-refractivity contribution in [1.29, 1.82) is 0 Å². The highest BCUT2D eigenvalue weighted by Crippen LogP contribution is 2.33. The average molecular weight is 448 g/mol. The highest BCUT2D eigenvalue weighted by Gasteiger charge is 2.41. The number of piperazine rings is 1. The molecule has 1 fully saturated rings. The smallest absolute Gasteiger partial charge is 0.277 e. The summed E-state index contributed by atoms with van der Waals surface area (Å²) in [6.45, 7) is 8.42. The van der Waals surface area contributed by atoms with Crippen molar-refractivity contribution in [2.45, 2.75) is 20.3 Å². The van der Waals surface area contributed by atoms with Gasteiger partial charge in [0.1, 0.15) is 11.4 Å². The molecule has 6 nitrogen and oxygen atoms in total. The van der Waals surface area contributed by atoms with E-state index in [-0.39, 0.29) is 11.8 Å². The maximum absolute atomic E-state index is 13.5. The topological polar surface area (TPSA) is 53.1 Å². The normalized spacial score (nSPS) is 17.5. The van der Waals surface area contributed by atoms with Crippen LogP contribution >= 0.6 is 0 Å². The number of carbonyl (C=O) groups is 2. The zero-order valence-corrected chi connectivity index (χ0v) is 19.8. The molecule has 174 valence electrons. The van der Waals surface area contributed by atoms with E-state index in [1.165, 1.54) is 4.90 Å². The molecule has 0 saturated carbocycles. The maximum Gasteiger partial charge on any atom is 0.277 e. The van der Waals surface area contributed by atoms with Crippen LogP contribution in [0.1, 0.15) is 25.0 Å². The van der Waals surface area contributed by atoms with Gasteiger partial charge < -0.3 is 14.5 Å². The fourth-order valence-electron chi connectivity index (χ4n) is 4.22. The van der Waals surface area contributed by atoms with Crippen molar-refractivity contribution in [3.05, 3.63) is 71.4 Å². The molecule has 33 heavy (non-hydrogen) atoms. The standard InChI is InChI=1S/C27H33N3O3/c1-20(2)19-33-23-11-9-22(10-12-23)24-25(29-17-15-28(3)16-18-29)27(32)30(26(24)31)14-13-21-7-5-4-6-8-21/h4-12,20H,13-19H2,1-3H3.